The van der Waals surface area contributed by atoms with Crippen molar-refractivity contribution < 1.29 is 0 Å². The average molecular weight is 484 g/mol. The van der Waals surface area contributed by atoms with Gasteiger partial charge in [-0.25, -0.2) is 14.5 Å². The number of H-pyrrole nitrogens is 1. The summed E-state index contributed by atoms with van der Waals surface area (Å²) in [5.41, 5.74) is 5.61. The Bertz CT molecular complexity index is 1470. The smallest absolute Gasteiger partial charge is 0.263 e. The van der Waals surface area contributed by atoms with E-state index in [9.17, 15) is 4.79 Å². The maximum Gasteiger partial charge on any atom is 0.263 e. The number of aromatic amines is 1. The molecule has 3 heterocycles. The molecule has 0 fully saturated rings. The molecule has 8 nitrogen and oxygen atoms in total. The summed E-state index contributed by atoms with van der Waals surface area (Å²) >= 11 is 1.44. The molecule has 0 spiro atoms. The third kappa shape index (κ3) is 4.67. The van der Waals surface area contributed by atoms with Crippen molar-refractivity contribution in [3.05, 3.63) is 93.1 Å². The van der Waals surface area contributed by atoms with Crippen molar-refractivity contribution in [1.29, 1.82) is 0 Å². The number of nitrogens with one attached hydrogen (secondary N) is 1. The SMILES string of the molecule is CCCCc1nc(C)n(-c2nccs2)c(=O)c1Cc1ccc(-c2ccccc2-c2nn[nH]n2)cc1. The zero-order valence-electron chi connectivity index (χ0n) is 19.6. The van der Waals surface area contributed by atoms with Gasteiger partial charge in [0.05, 0.1) is 5.69 Å². The normalized spacial score (nSPS) is 11.1. The van der Waals surface area contributed by atoms with Crippen molar-refractivity contribution in [1.82, 2.24) is 35.2 Å². The van der Waals surface area contributed by atoms with Gasteiger partial charge < -0.3 is 0 Å². The Labute approximate surface area is 206 Å². The molecule has 5 rings (SSSR count). The fourth-order valence-electron chi connectivity index (χ4n) is 4.21. The highest BCUT2D eigenvalue weighted by atomic mass is 32.1. The second kappa shape index (κ2) is 10.1. The molecule has 0 atom stereocenters. The van der Waals surface area contributed by atoms with E-state index in [4.69, 9.17) is 4.98 Å². The molecule has 0 radical (unpaired) electrons. The number of hydrogen-bond acceptors (Lipinski definition) is 7. The van der Waals surface area contributed by atoms with Gasteiger partial charge in [0.25, 0.3) is 5.56 Å². The molecule has 0 unspecified atom stereocenters. The second-order valence-corrected chi connectivity index (χ2v) is 9.17. The molecule has 176 valence electrons. The van der Waals surface area contributed by atoms with E-state index in [-0.39, 0.29) is 5.56 Å². The molecule has 5 aromatic rings. The van der Waals surface area contributed by atoms with Crippen LogP contribution in [0.4, 0.5) is 0 Å². The van der Waals surface area contributed by atoms with Crippen molar-refractivity contribution in [3.8, 4) is 27.6 Å². The van der Waals surface area contributed by atoms with Gasteiger partial charge in [-0.3, -0.25) is 4.79 Å². The van der Waals surface area contributed by atoms with Crippen LogP contribution in [0.2, 0.25) is 0 Å². The van der Waals surface area contributed by atoms with Gasteiger partial charge in [0.15, 0.2) is 5.13 Å². The first-order valence-electron chi connectivity index (χ1n) is 11.6. The van der Waals surface area contributed by atoms with Gasteiger partial charge in [-0.15, -0.1) is 21.5 Å². The predicted octanol–water partition coefficient (Wildman–Crippen LogP) is 4.78. The molecule has 0 aliphatic heterocycles. The summed E-state index contributed by atoms with van der Waals surface area (Å²) in [6.07, 6.45) is 5.05. The van der Waals surface area contributed by atoms with E-state index in [2.05, 4.69) is 56.8 Å². The van der Waals surface area contributed by atoms with E-state index in [1.165, 1.54) is 11.3 Å². The van der Waals surface area contributed by atoms with Crippen LogP contribution in [0, 0.1) is 6.92 Å². The molecule has 0 saturated heterocycles. The van der Waals surface area contributed by atoms with Crippen molar-refractivity contribution in [2.45, 2.75) is 39.5 Å². The van der Waals surface area contributed by atoms with E-state index in [1.807, 2.05) is 36.6 Å². The topological polar surface area (TPSA) is 102 Å². The van der Waals surface area contributed by atoms with Crippen LogP contribution in [0.3, 0.4) is 0 Å². The van der Waals surface area contributed by atoms with Crippen molar-refractivity contribution in [3.63, 3.8) is 0 Å². The molecule has 0 bridgehead atoms. The van der Waals surface area contributed by atoms with E-state index >= 15 is 0 Å². The third-order valence-electron chi connectivity index (χ3n) is 5.97. The van der Waals surface area contributed by atoms with Crippen LogP contribution < -0.4 is 5.56 Å². The maximum atomic E-state index is 13.6. The summed E-state index contributed by atoms with van der Waals surface area (Å²) in [6.45, 7) is 4.02. The fraction of sp³-hybridized carbons (Fsp3) is 0.231. The monoisotopic (exact) mass is 483 g/mol. The minimum Gasteiger partial charge on any atom is -0.268 e. The minimum absolute atomic E-state index is 0.0370. The van der Waals surface area contributed by atoms with Crippen LogP contribution in [0.15, 0.2) is 64.9 Å². The van der Waals surface area contributed by atoms with Gasteiger partial charge >= 0.3 is 0 Å². The van der Waals surface area contributed by atoms with Crippen LogP contribution in [-0.2, 0) is 12.8 Å². The van der Waals surface area contributed by atoms with Gasteiger partial charge in [-0.05, 0) is 41.7 Å². The molecule has 0 amide bonds. The Morgan fingerprint density at radius 1 is 1.06 bits per heavy atom. The van der Waals surface area contributed by atoms with Crippen molar-refractivity contribution >= 4 is 11.3 Å². The molecule has 35 heavy (non-hydrogen) atoms. The van der Waals surface area contributed by atoms with Crippen LogP contribution in [-0.4, -0.2) is 35.2 Å². The van der Waals surface area contributed by atoms with E-state index in [0.717, 1.165) is 52.8 Å². The Kier molecular flexibility index (Phi) is 6.58. The molecule has 3 aromatic heterocycles. The lowest BCUT2D eigenvalue weighted by Gasteiger charge is -2.14. The number of aryl methyl sites for hydroxylation is 2. The molecule has 2 aromatic carbocycles. The van der Waals surface area contributed by atoms with Crippen LogP contribution in [0.25, 0.3) is 27.6 Å². The van der Waals surface area contributed by atoms with Gasteiger partial charge in [0.2, 0.25) is 5.82 Å². The summed E-state index contributed by atoms with van der Waals surface area (Å²) in [7, 11) is 0. The summed E-state index contributed by atoms with van der Waals surface area (Å²) in [5.74, 6) is 1.23. The number of benzene rings is 2. The van der Waals surface area contributed by atoms with Gasteiger partial charge in [-0.2, -0.15) is 5.21 Å². The summed E-state index contributed by atoms with van der Waals surface area (Å²) in [6, 6.07) is 16.2. The number of nitrogens with zero attached hydrogens (tertiary/aromatic N) is 6. The minimum atomic E-state index is -0.0370. The van der Waals surface area contributed by atoms with Crippen molar-refractivity contribution in [2.24, 2.45) is 0 Å². The first-order chi connectivity index (χ1) is 17.2. The molecular weight excluding hydrogens is 458 g/mol. The van der Waals surface area contributed by atoms with Crippen LogP contribution >= 0.6 is 11.3 Å². The zero-order chi connectivity index (χ0) is 24.2. The number of aromatic nitrogens is 7. The molecule has 0 aliphatic carbocycles. The number of hydrogen-bond donors (Lipinski definition) is 1. The molecule has 0 aliphatic rings. The zero-order valence-corrected chi connectivity index (χ0v) is 20.4. The lowest BCUT2D eigenvalue weighted by Crippen LogP contribution is -2.28. The molecule has 1 N–H and O–H groups in total. The predicted molar refractivity (Wildman–Crippen MR) is 137 cm³/mol. The second-order valence-electron chi connectivity index (χ2n) is 8.30. The standard InChI is InChI=1S/C26H25N7OS/c1-3-4-9-23-22(25(34)33(17(2)28-23)26-27-14-15-35-26)16-18-10-12-19(13-11-18)20-7-5-6-8-21(20)24-29-31-32-30-24/h5-8,10-15H,3-4,9,16H2,1-2H3,(H,29,30,31,32). The molecule has 9 heteroatoms. The summed E-state index contributed by atoms with van der Waals surface area (Å²) < 4.78 is 1.63. The van der Waals surface area contributed by atoms with E-state index < -0.39 is 0 Å². The number of thiazole rings is 1. The largest absolute Gasteiger partial charge is 0.268 e. The highest BCUT2D eigenvalue weighted by molar-refractivity contribution is 7.12. The van der Waals surface area contributed by atoms with Gasteiger partial charge in [0, 0.05) is 29.1 Å². The number of unbranched alkanes of at least 4 members (excludes halogenated alkanes) is 1. The van der Waals surface area contributed by atoms with E-state index in [1.54, 1.807) is 10.8 Å². The van der Waals surface area contributed by atoms with Crippen LogP contribution in [0.5, 0.6) is 0 Å². The Balaban J connectivity index is 1.50. The fourth-order valence-corrected chi connectivity index (χ4v) is 4.90. The highest BCUT2D eigenvalue weighted by Crippen LogP contribution is 2.30. The third-order valence-corrected chi connectivity index (χ3v) is 6.72. The first kappa shape index (κ1) is 22.8. The number of rotatable bonds is 8. The van der Waals surface area contributed by atoms with Gasteiger partial charge in [0.1, 0.15) is 5.82 Å². The Morgan fingerprint density at radius 2 is 1.86 bits per heavy atom. The number of tetrazole rings is 1. The lowest BCUT2D eigenvalue weighted by atomic mass is 9.96. The summed E-state index contributed by atoms with van der Waals surface area (Å²) in [4.78, 5) is 22.8. The Morgan fingerprint density at radius 3 is 2.54 bits per heavy atom. The van der Waals surface area contributed by atoms with Crippen molar-refractivity contribution in [2.75, 3.05) is 0 Å². The lowest BCUT2D eigenvalue weighted by molar-refractivity contribution is 0.732. The molecular formula is C26H25N7OS. The molecule has 0 saturated carbocycles. The maximum absolute atomic E-state index is 13.6. The summed E-state index contributed by atoms with van der Waals surface area (Å²) in [5, 5.41) is 17.0. The highest BCUT2D eigenvalue weighted by Gasteiger charge is 2.18. The van der Waals surface area contributed by atoms with Gasteiger partial charge in [-0.1, -0.05) is 61.9 Å². The van der Waals surface area contributed by atoms with Crippen LogP contribution in [0.1, 0.15) is 42.4 Å². The average Bonchev–Trinajstić information content (AvgIpc) is 3.60. The first-order valence-corrected chi connectivity index (χ1v) is 12.5. The Hall–Kier alpha value is -3.98. The quantitative estimate of drug-likeness (QED) is 0.341. The van der Waals surface area contributed by atoms with E-state index in [0.29, 0.717) is 23.2 Å².